The maximum absolute atomic E-state index is 15.2. The molecule has 0 saturated carbocycles. The number of hydrogen-bond donors (Lipinski definition) is 0. The molecule has 0 aliphatic heterocycles. The van der Waals surface area contributed by atoms with Gasteiger partial charge in [-0.15, -0.1) is 0 Å². The van der Waals surface area contributed by atoms with E-state index >= 15 is 9.59 Å². The summed E-state index contributed by atoms with van der Waals surface area (Å²) >= 11 is 0. The number of carbonyl (C=O) groups excluding carboxylic acids is 3. The minimum Gasteiger partial charge on any atom is -0.465 e. The minimum atomic E-state index is -0.416. The lowest BCUT2D eigenvalue weighted by atomic mass is 9.97. The third-order valence-electron chi connectivity index (χ3n) is 18.7. The molecule has 89 heavy (non-hydrogen) atoms. The van der Waals surface area contributed by atoms with Crippen LogP contribution in [-0.4, -0.2) is 38.3 Å². The Hall–Kier alpha value is -8.81. The molecular weight excluding hydrogens is 1090 g/mol. The van der Waals surface area contributed by atoms with Gasteiger partial charge in [0, 0.05) is 71.6 Å². The lowest BCUT2D eigenvalue weighted by molar-refractivity contribution is 0.0600. The number of carbonyl (C=O) groups is 3. The number of methoxy groups -OCH3 is 1. The molecule has 0 aliphatic carbocycles. The van der Waals surface area contributed by atoms with Crippen LogP contribution >= 0.6 is 0 Å². The maximum atomic E-state index is 15.2. The van der Waals surface area contributed by atoms with Gasteiger partial charge in [-0.25, -0.2) is 4.79 Å². The van der Waals surface area contributed by atoms with E-state index in [-0.39, 0.29) is 11.6 Å². The average Bonchev–Trinajstić information content (AvgIpc) is 1.63. The molecule has 0 unspecified atom stereocenters. The zero-order valence-electron chi connectivity index (χ0n) is 52.7. The molecular formula is C82H85N3O4. The molecule has 0 amide bonds. The molecule has 0 aliphatic rings. The van der Waals surface area contributed by atoms with Gasteiger partial charge in [0.05, 0.1) is 45.8 Å². The normalized spacial score (nSPS) is 11.8. The number of aromatic nitrogens is 3. The van der Waals surface area contributed by atoms with Crippen LogP contribution in [0.25, 0.3) is 82.5 Å². The molecule has 0 radical (unpaired) electrons. The largest absolute Gasteiger partial charge is 0.465 e. The van der Waals surface area contributed by atoms with Gasteiger partial charge in [0.25, 0.3) is 0 Å². The number of rotatable bonds is 29. The molecule has 452 valence electrons. The highest BCUT2D eigenvalue weighted by molar-refractivity contribution is 6.21. The fourth-order valence-electron chi connectivity index (χ4n) is 13.8. The van der Waals surface area contributed by atoms with Gasteiger partial charge < -0.3 is 18.4 Å². The first-order valence-corrected chi connectivity index (χ1v) is 33.4. The average molecular weight is 1180 g/mol. The van der Waals surface area contributed by atoms with Crippen LogP contribution in [0.3, 0.4) is 0 Å². The number of fused-ring (bicyclic) bond motifs is 9. The number of ketones is 2. The van der Waals surface area contributed by atoms with E-state index < -0.39 is 5.97 Å². The van der Waals surface area contributed by atoms with Crippen LogP contribution in [0.1, 0.15) is 195 Å². The minimum absolute atomic E-state index is 0.0659. The molecule has 0 bridgehead atoms. The first-order valence-electron chi connectivity index (χ1n) is 33.4. The van der Waals surface area contributed by atoms with Crippen molar-refractivity contribution in [3.63, 3.8) is 0 Å². The summed E-state index contributed by atoms with van der Waals surface area (Å²) in [5.41, 5.74) is 15.8. The van der Waals surface area contributed by atoms with Gasteiger partial charge in [-0.1, -0.05) is 172 Å². The van der Waals surface area contributed by atoms with Gasteiger partial charge in [0.2, 0.25) is 0 Å². The molecule has 0 fully saturated rings. The van der Waals surface area contributed by atoms with E-state index in [9.17, 15) is 4.79 Å². The second-order valence-electron chi connectivity index (χ2n) is 24.9. The highest BCUT2D eigenvalue weighted by Crippen LogP contribution is 2.39. The number of ether oxygens (including phenoxy) is 1. The lowest BCUT2D eigenvalue weighted by Gasteiger charge is -2.10. The van der Waals surface area contributed by atoms with Crippen LogP contribution in [0, 0.1) is 0 Å². The summed E-state index contributed by atoms with van der Waals surface area (Å²) in [5, 5.41) is 5.62. The van der Waals surface area contributed by atoms with E-state index in [4.69, 9.17) is 4.74 Å². The first kappa shape index (κ1) is 60.5. The quantitative estimate of drug-likeness (QED) is 0.0266. The highest BCUT2D eigenvalue weighted by atomic mass is 16.5. The van der Waals surface area contributed by atoms with E-state index in [1.807, 2.05) is 66.7 Å². The Balaban J connectivity index is 0.893. The predicted octanol–water partition coefficient (Wildman–Crippen LogP) is 21.9. The monoisotopic (exact) mass is 1180 g/mol. The Kier molecular flexibility index (Phi) is 19.1. The highest BCUT2D eigenvalue weighted by Gasteiger charge is 2.23. The van der Waals surface area contributed by atoms with E-state index in [2.05, 4.69) is 156 Å². The summed E-state index contributed by atoms with van der Waals surface area (Å²) in [4.78, 5) is 43.3. The molecule has 0 N–H and O–H groups in total. The molecule has 9 aromatic carbocycles. The molecule has 7 heteroatoms. The molecule has 3 heterocycles. The van der Waals surface area contributed by atoms with Crippen LogP contribution < -0.4 is 0 Å². The zero-order valence-corrected chi connectivity index (χ0v) is 52.7. The number of hydrogen-bond acceptors (Lipinski definition) is 4. The summed E-state index contributed by atoms with van der Waals surface area (Å²) in [7, 11) is 1.40. The summed E-state index contributed by atoms with van der Waals surface area (Å²) in [6.07, 6.45) is 26.0. The molecule has 0 saturated heterocycles. The summed E-state index contributed by atoms with van der Waals surface area (Å²) in [6, 6.07) is 65.1. The van der Waals surface area contributed by atoms with Gasteiger partial charge in [-0.2, -0.15) is 0 Å². The van der Waals surface area contributed by atoms with Crippen LogP contribution in [0.15, 0.2) is 188 Å². The first-order chi connectivity index (χ1) is 43.7. The van der Waals surface area contributed by atoms with Gasteiger partial charge in [0.1, 0.15) is 0 Å². The lowest BCUT2D eigenvalue weighted by Crippen LogP contribution is -2.02. The van der Waals surface area contributed by atoms with Crippen LogP contribution in [0.4, 0.5) is 0 Å². The van der Waals surface area contributed by atoms with E-state index in [0.717, 1.165) is 102 Å². The van der Waals surface area contributed by atoms with Crippen LogP contribution in [0.5, 0.6) is 0 Å². The Labute approximate surface area is 525 Å². The predicted molar refractivity (Wildman–Crippen MR) is 372 cm³/mol. The molecule has 0 spiro atoms. The van der Waals surface area contributed by atoms with Crippen molar-refractivity contribution in [2.75, 3.05) is 7.11 Å². The molecule has 12 rings (SSSR count). The maximum Gasteiger partial charge on any atom is 0.337 e. The smallest absolute Gasteiger partial charge is 0.337 e. The Morgan fingerprint density at radius 1 is 0.292 bits per heavy atom. The van der Waals surface area contributed by atoms with Gasteiger partial charge in [0.15, 0.2) is 11.6 Å². The molecule has 0 atom stereocenters. The number of benzene rings is 9. The van der Waals surface area contributed by atoms with Crippen molar-refractivity contribution in [3.05, 3.63) is 233 Å². The van der Waals surface area contributed by atoms with Crippen molar-refractivity contribution in [2.45, 2.75) is 156 Å². The third kappa shape index (κ3) is 12.9. The van der Waals surface area contributed by atoms with Gasteiger partial charge >= 0.3 is 5.97 Å². The number of nitrogens with zero attached hydrogens (tertiary/aromatic N) is 3. The van der Waals surface area contributed by atoms with Gasteiger partial charge in [-0.3, -0.25) is 9.59 Å². The Morgan fingerprint density at radius 3 is 0.888 bits per heavy atom. The van der Waals surface area contributed by atoms with Crippen molar-refractivity contribution in [3.8, 4) is 17.1 Å². The third-order valence-corrected chi connectivity index (χ3v) is 18.7. The fraction of sp³-hybridized carbons (Fsp3) is 0.305. The SMILES string of the molecule is CCCCCCCCc1ccc(-n2c3ccccc3c3cc(C(=O)c4ccc5c(c4)c4cc(C(=O)c6ccc7c(c6)c6cc(C(=O)OC)ccc6n7-c6ccc(CCCCCCCC)cc6)ccc4n5-c4ccc(CCCCCCCC)cc4)ccc32)cc1. The summed E-state index contributed by atoms with van der Waals surface area (Å²) in [5.74, 6) is -0.606. The summed E-state index contributed by atoms with van der Waals surface area (Å²) in [6.45, 7) is 6.78. The number of aryl methyl sites for hydroxylation is 3. The fourth-order valence-corrected chi connectivity index (χ4v) is 13.8. The van der Waals surface area contributed by atoms with Crippen molar-refractivity contribution in [1.29, 1.82) is 0 Å². The number of para-hydroxylation sites is 1. The molecule has 7 nitrogen and oxygen atoms in total. The Bertz CT molecular complexity index is 4480. The van der Waals surface area contributed by atoms with Crippen molar-refractivity contribution >= 4 is 83.0 Å². The van der Waals surface area contributed by atoms with E-state index in [1.54, 1.807) is 0 Å². The summed E-state index contributed by atoms with van der Waals surface area (Å²) < 4.78 is 12.0. The zero-order chi connectivity index (χ0) is 61.2. The van der Waals surface area contributed by atoms with Crippen LogP contribution in [-0.2, 0) is 24.0 Å². The van der Waals surface area contributed by atoms with Gasteiger partial charge in [-0.05, 0) is 189 Å². The second kappa shape index (κ2) is 28.1. The number of esters is 1. The topological polar surface area (TPSA) is 75.2 Å². The van der Waals surface area contributed by atoms with Crippen molar-refractivity contribution in [2.24, 2.45) is 0 Å². The van der Waals surface area contributed by atoms with Crippen LogP contribution in [0.2, 0.25) is 0 Å². The van der Waals surface area contributed by atoms with Crippen molar-refractivity contribution in [1.82, 2.24) is 13.7 Å². The second-order valence-corrected chi connectivity index (χ2v) is 24.9. The van der Waals surface area contributed by atoms with E-state index in [0.29, 0.717) is 27.8 Å². The molecule has 12 aromatic rings. The number of unbranched alkanes of at least 4 members (excludes halogenated alkanes) is 15. The van der Waals surface area contributed by atoms with Crippen molar-refractivity contribution < 1.29 is 19.1 Å². The standard InChI is InChI=1S/C82H85N3O4/c1-5-8-11-14-17-20-25-57-30-41-65(42-31-57)83-74-29-24-23-28-68(74)69-52-60(36-47-75(69)83)80(86)61-37-48-76-70(53-61)71-54-62(38-49-77(71)84(76)66-43-32-58(33-44-66)26-21-18-15-12-9-6-2)81(87)63-39-50-78-72(55-63)73-56-64(82(88)89-4)40-51-79(73)85(78)67-45-34-59(35-46-67)27-22-19-16-13-10-7-3/h23-24,28-56H,5-22,25-27H2,1-4H3. The van der Waals surface area contributed by atoms with E-state index in [1.165, 1.54) is 139 Å². The molecule has 3 aromatic heterocycles. The Morgan fingerprint density at radius 2 is 0.562 bits per heavy atom.